The molecule has 3 aromatic heterocycles. The summed E-state index contributed by atoms with van der Waals surface area (Å²) in [7, 11) is 0. The van der Waals surface area contributed by atoms with E-state index in [0.717, 1.165) is 29.2 Å². The molecule has 1 aliphatic carbocycles. The third-order valence-corrected chi connectivity index (χ3v) is 6.06. The summed E-state index contributed by atoms with van der Waals surface area (Å²) in [4.78, 5) is 20.2. The lowest BCUT2D eigenvalue weighted by atomic mass is 10.1. The second kappa shape index (κ2) is 8.36. The van der Waals surface area contributed by atoms with Crippen molar-refractivity contribution in [3.8, 4) is 17.1 Å². The van der Waals surface area contributed by atoms with Gasteiger partial charge >= 0.3 is 5.97 Å². The van der Waals surface area contributed by atoms with E-state index in [1.807, 2.05) is 11.6 Å². The minimum atomic E-state index is -1.03. The average Bonchev–Trinajstić information content (AvgIpc) is 3.50. The number of rotatable bonds is 7. The number of nitrogens with zero attached hydrogens (tertiary/aromatic N) is 6. The van der Waals surface area contributed by atoms with Crippen LogP contribution in [0.5, 0.6) is 0 Å². The number of carboxylic acids is 1. The minimum Gasteiger partial charge on any atom is -0.478 e. The minimum absolute atomic E-state index is 0.162. The van der Waals surface area contributed by atoms with Gasteiger partial charge in [-0.25, -0.2) is 28.5 Å². The third-order valence-electron chi connectivity index (χ3n) is 6.06. The average molecular weight is 462 g/mol. The van der Waals surface area contributed by atoms with E-state index in [0.29, 0.717) is 28.9 Å². The van der Waals surface area contributed by atoms with Crippen LogP contribution in [0, 0.1) is 32.5 Å². The lowest BCUT2D eigenvalue weighted by Gasteiger charge is -2.11. The molecular weight excluding hydrogens is 437 g/mol. The standard InChI is InChI=1S/C24H24FN7O2/c1-13-22(17-6-8-18(25)9-7-17)30-31(11-16-4-5-16)23(13)28-19-10-20(27-12-26-19)32-15(3)21(24(33)34)14(2)29-32/h6-10,12,16H,4-5,11H2,1-3H3,(H,33,34)(H,26,27,28). The van der Waals surface area contributed by atoms with Gasteiger partial charge in [-0.15, -0.1) is 0 Å². The Bertz CT molecular complexity index is 1390. The van der Waals surface area contributed by atoms with Gasteiger partial charge in [0.25, 0.3) is 0 Å². The molecule has 174 valence electrons. The summed E-state index contributed by atoms with van der Waals surface area (Å²) in [6.45, 7) is 6.11. The van der Waals surface area contributed by atoms with E-state index in [2.05, 4.69) is 20.4 Å². The van der Waals surface area contributed by atoms with Gasteiger partial charge in [0.2, 0.25) is 0 Å². The summed E-state index contributed by atoms with van der Waals surface area (Å²) in [5.74, 6) is 1.05. The van der Waals surface area contributed by atoms with Crippen LogP contribution >= 0.6 is 0 Å². The molecule has 2 N–H and O–H groups in total. The number of nitrogens with one attached hydrogen (secondary N) is 1. The third kappa shape index (κ3) is 4.02. The predicted molar refractivity (Wildman–Crippen MR) is 124 cm³/mol. The fourth-order valence-corrected chi connectivity index (χ4v) is 4.10. The van der Waals surface area contributed by atoms with E-state index in [1.54, 1.807) is 32.0 Å². The molecular formula is C24H24FN7O2. The summed E-state index contributed by atoms with van der Waals surface area (Å²) >= 11 is 0. The SMILES string of the molecule is Cc1nn(-c2cc(Nc3c(C)c(-c4ccc(F)cc4)nn3CC3CC3)ncn2)c(C)c1C(=O)O. The van der Waals surface area contributed by atoms with Crippen LogP contribution in [0.25, 0.3) is 17.1 Å². The number of aromatic nitrogens is 6. The lowest BCUT2D eigenvalue weighted by Crippen LogP contribution is -2.09. The Hall–Kier alpha value is -4.08. The normalized spacial score (nSPS) is 13.3. The Morgan fingerprint density at radius 2 is 1.88 bits per heavy atom. The molecule has 34 heavy (non-hydrogen) atoms. The highest BCUT2D eigenvalue weighted by atomic mass is 19.1. The lowest BCUT2D eigenvalue weighted by molar-refractivity contribution is 0.0695. The van der Waals surface area contributed by atoms with Crippen LogP contribution in [0.1, 0.15) is 40.2 Å². The maximum Gasteiger partial charge on any atom is 0.339 e. The molecule has 0 unspecified atom stereocenters. The monoisotopic (exact) mass is 461 g/mol. The van der Waals surface area contributed by atoms with Crippen LogP contribution in [0.4, 0.5) is 16.0 Å². The van der Waals surface area contributed by atoms with Crippen molar-refractivity contribution >= 4 is 17.6 Å². The van der Waals surface area contributed by atoms with E-state index in [9.17, 15) is 14.3 Å². The molecule has 0 radical (unpaired) electrons. The number of anilines is 2. The number of hydrogen-bond acceptors (Lipinski definition) is 6. The number of aromatic carboxylic acids is 1. The van der Waals surface area contributed by atoms with Crippen LogP contribution in [-0.2, 0) is 6.54 Å². The number of benzene rings is 1. The quantitative estimate of drug-likeness (QED) is 0.418. The van der Waals surface area contributed by atoms with Gasteiger partial charge in [-0.3, -0.25) is 0 Å². The highest BCUT2D eigenvalue weighted by Gasteiger charge is 2.26. The van der Waals surface area contributed by atoms with Gasteiger partial charge in [0.05, 0.1) is 17.1 Å². The topological polar surface area (TPSA) is 111 Å². The Balaban J connectivity index is 1.52. The van der Waals surface area contributed by atoms with E-state index < -0.39 is 5.97 Å². The van der Waals surface area contributed by atoms with E-state index in [-0.39, 0.29) is 11.4 Å². The Morgan fingerprint density at radius 1 is 1.15 bits per heavy atom. The summed E-state index contributed by atoms with van der Waals surface area (Å²) in [5.41, 5.74) is 3.61. The summed E-state index contributed by atoms with van der Waals surface area (Å²) in [6, 6.07) is 8.02. The Kier molecular flexibility index (Phi) is 5.35. The second-order valence-corrected chi connectivity index (χ2v) is 8.60. The number of halogens is 1. The molecule has 9 nitrogen and oxygen atoms in total. The van der Waals surface area contributed by atoms with Gasteiger partial charge < -0.3 is 10.4 Å². The van der Waals surface area contributed by atoms with Crippen molar-refractivity contribution in [3.63, 3.8) is 0 Å². The largest absolute Gasteiger partial charge is 0.478 e. The number of carbonyl (C=O) groups is 1. The maximum atomic E-state index is 13.4. The molecule has 0 saturated heterocycles. The molecule has 5 rings (SSSR count). The first-order valence-corrected chi connectivity index (χ1v) is 11.0. The second-order valence-electron chi connectivity index (χ2n) is 8.60. The molecule has 0 atom stereocenters. The number of hydrogen-bond donors (Lipinski definition) is 2. The molecule has 0 amide bonds. The molecule has 1 aromatic carbocycles. The van der Waals surface area contributed by atoms with Crippen LogP contribution < -0.4 is 5.32 Å². The highest BCUT2D eigenvalue weighted by Crippen LogP contribution is 2.35. The van der Waals surface area contributed by atoms with Crippen molar-refractivity contribution in [3.05, 3.63) is 65.0 Å². The summed E-state index contributed by atoms with van der Waals surface area (Å²) in [5, 5.41) is 22.0. The Labute approximate surface area is 195 Å². The molecule has 0 spiro atoms. The zero-order valence-electron chi connectivity index (χ0n) is 19.1. The molecule has 0 bridgehead atoms. The predicted octanol–water partition coefficient (Wildman–Crippen LogP) is 4.44. The van der Waals surface area contributed by atoms with Crippen molar-refractivity contribution < 1.29 is 14.3 Å². The molecule has 4 aromatic rings. The van der Waals surface area contributed by atoms with Crippen LogP contribution in [0.15, 0.2) is 36.7 Å². The first kappa shape index (κ1) is 21.7. The molecule has 1 fully saturated rings. The fraction of sp³-hybridized carbons (Fsp3) is 0.292. The van der Waals surface area contributed by atoms with Crippen molar-refractivity contribution in [2.24, 2.45) is 5.92 Å². The first-order valence-electron chi connectivity index (χ1n) is 11.0. The van der Waals surface area contributed by atoms with Gasteiger partial charge in [-0.1, -0.05) is 0 Å². The zero-order valence-corrected chi connectivity index (χ0v) is 19.1. The van der Waals surface area contributed by atoms with Crippen molar-refractivity contribution in [1.82, 2.24) is 29.5 Å². The van der Waals surface area contributed by atoms with E-state index in [1.165, 1.54) is 36.0 Å². The van der Waals surface area contributed by atoms with E-state index in [4.69, 9.17) is 5.10 Å². The summed E-state index contributed by atoms with van der Waals surface area (Å²) in [6.07, 6.45) is 3.75. The van der Waals surface area contributed by atoms with Crippen molar-refractivity contribution in [2.45, 2.75) is 40.2 Å². The van der Waals surface area contributed by atoms with Crippen LogP contribution in [0.3, 0.4) is 0 Å². The molecule has 0 aliphatic heterocycles. The van der Waals surface area contributed by atoms with Crippen LogP contribution in [-0.4, -0.2) is 40.6 Å². The van der Waals surface area contributed by atoms with Gasteiger partial charge in [0.1, 0.15) is 29.3 Å². The smallest absolute Gasteiger partial charge is 0.339 e. The maximum absolute atomic E-state index is 13.4. The number of aryl methyl sites for hydroxylation is 1. The van der Waals surface area contributed by atoms with Gasteiger partial charge in [-0.2, -0.15) is 10.2 Å². The van der Waals surface area contributed by atoms with Crippen LogP contribution in [0.2, 0.25) is 0 Å². The first-order chi connectivity index (χ1) is 16.3. The van der Waals surface area contributed by atoms with Crippen molar-refractivity contribution in [2.75, 3.05) is 5.32 Å². The van der Waals surface area contributed by atoms with Crippen molar-refractivity contribution in [1.29, 1.82) is 0 Å². The molecule has 1 saturated carbocycles. The zero-order chi connectivity index (χ0) is 24.0. The fourth-order valence-electron chi connectivity index (χ4n) is 4.10. The summed E-state index contributed by atoms with van der Waals surface area (Å²) < 4.78 is 16.9. The highest BCUT2D eigenvalue weighted by molar-refractivity contribution is 5.90. The van der Waals surface area contributed by atoms with Gasteiger partial charge in [0.15, 0.2) is 5.82 Å². The number of carboxylic acid groups (broad SMARTS) is 1. The molecule has 10 heteroatoms. The van der Waals surface area contributed by atoms with Gasteiger partial charge in [-0.05, 0) is 63.8 Å². The van der Waals surface area contributed by atoms with E-state index >= 15 is 0 Å². The molecule has 1 aliphatic rings. The molecule has 3 heterocycles. The Morgan fingerprint density at radius 3 is 2.53 bits per heavy atom. The van der Waals surface area contributed by atoms with Gasteiger partial charge in [0, 0.05) is 23.7 Å².